The van der Waals surface area contributed by atoms with Crippen LogP contribution in [0.3, 0.4) is 0 Å². The predicted octanol–water partition coefficient (Wildman–Crippen LogP) is 2.91. The molecule has 1 atom stereocenters. The van der Waals surface area contributed by atoms with Crippen LogP contribution in [0.4, 0.5) is 0 Å². The van der Waals surface area contributed by atoms with E-state index in [2.05, 4.69) is 35.9 Å². The zero-order chi connectivity index (χ0) is 14.8. The van der Waals surface area contributed by atoms with Crippen molar-refractivity contribution in [3.8, 4) is 0 Å². The fourth-order valence-electron chi connectivity index (χ4n) is 2.97. The summed E-state index contributed by atoms with van der Waals surface area (Å²) < 4.78 is 0. The highest BCUT2D eigenvalue weighted by Gasteiger charge is 2.35. The van der Waals surface area contributed by atoms with Gasteiger partial charge in [-0.3, -0.25) is 9.69 Å². The lowest BCUT2D eigenvalue weighted by Crippen LogP contribution is -2.43. The molecule has 1 aromatic rings. The van der Waals surface area contributed by atoms with Crippen molar-refractivity contribution in [2.24, 2.45) is 5.92 Å². The van der Waals surface area contributed by atoms with Gasteiger partial charge in [0.1, 0.15) is 0 Å². The van der Waals surface area contributed by atoms with E-state index >= 15 is 0 Å². The summed E-state index contributed by atoms with van der Waals surface area (Å²) in [5.41, 5.74) is 1.23. The summed E-state index contributed by atoms with van der Waals surface area (Å²) in [4.78, 5) is 17.0. The fourth-order valence-corrected chi connectivity index (χ4v) is 2.97. The molecule has 2 aliphatic rings. The second-order valence-corrected chi connectivity index (χ2v) is 6.73. The Labute approximate surface area is 127 Å². The number of carbonyl (C=O) groups excluding carboxylic acids is 1. The molecule has 0 saturated heterocycles. The number of carbonyl (C=O) groups is 1. The lowest BCUT2D eigenvalue weighted by atomic mass is 10.2. The molecule has 3 rings (SSSR count). The van der Waals surface area contributed by atoms with Crippen molar-refractivity contribution in [2.45, 2.75) is 51.2 Å². The van der Waals surface area contributed by atoms with Gasteiger partial charge in [0, 0.05) is 18.6 Å². The second kappa shape index (κ2) is 6.18. The Hall–Kier alpha value is -1.35. The van der Waals surface area contributed by atoms with E-state index in [1.165, 1.54) is 31.2 Å². The zero-order valence-electron chi connectivity index (χ0n) is 13.2. The van der Waals surface area contributed by atoms with Crippen molar-refractivity contribution in [3.63, 3.8) is 0 Å². The third-order valence-corrected chi connectivity index (χ3v) is 4.89. The maximum atomic E-state index is 12.7. The first kappa shape index (κ1) is 14.6. The SMILES string of the molecule is CC(C1CC1)N(C)CC(=O)N(Cc1ccccc1)C1CC1. The smallest absolute Gasteiger partial charge is 0.237 e. The Morgan fingerprint density at radius 1 is 1.19 bits per heavy atom. The molecule has 2 fully saturated rings. The van der Waals surface area contributed by atoms with E-state index in [1.54, 1.807) is 0 Å². The summed E-state index contributed by atoms with van der Waals surface area (Å²) in [5, 5.41) is 0. The normalized spacial score (nSPS) is 19.6. The van der Waals surface area contributed by atoms with Crippen LogP contribution >= 0.6 is 0 Å². The van der Waals surface area contributed by atoms with Crippen LogP contribution in [0.25, 0.3) is 0 Å². The molecular weight excluding hydrogens is 260 g/mol. The molecule has 1 amide bonds. The molecule has 0 heterocycles. The minimum Gasteiger partial charge on any atom is -0.334 e. The van der Waals surface area contributed by atoms with Gasteiger partial charge < -0.3 is 4.90 Å². The molecule has 1 aromatic carbocycles. The van der Waals surface area contributed by atoms with Crippen LogP contribution in [0.2, 0.25) is 0 Å². The van der Waals surface area contributed by atoms with E-state index in [9.17, 15) is 4.79 Å². The number of hydrogen-bond donors (Lipinski definition) is 0. The standard InChI is InChI=1S/C18H26N2O/c1-14(16-8-9-16)19(2)13-18(21)20(17-10-11-17)12-15-6-4-3-5-7-15/h3-7,14,16-17H,8-13H2,1-2H3. The van der Waals surface area contributed by atoms with E-state index in [-0.39, 0.29) is 5.91 Å². The number of amides is 1. The van der Waals surface area contributed by atoms with Gasteiger partial charge in [0.2, 0.25) is 5.91 Å². The Morgan fingerprint density at radius 2 is 1.86 bits per heavy atom. The molecule has 114 valence electrons. The lowest BCUT2D eigenvalue weighted by Gasteiger charge is -2.29. The van der Waals surface area contributed by atoms with Crippen LogP contribution in [-0.4, -0.2) is 41.4 Å². The number of benzene rings is 1. The molecule has 0 aliphatic heterocycles. The number of hydrogen-bond acceptors (Lipinski definition) is 2. The van der Waals surface area contributed by atoms with Crippen molar-refractivity contribution in [1.82, 2.24) is 9.80 Å². The van der Waals surface area contributed by atoms with Gasteiger partial charge in [-0.2, -0.15) is 0 Å². The van der Waals surface area contributed by atoms with E-state index in [1.807, 2.05) is 18.2 Å². The second-order valence-electron chi connectivity index (χ2n) is 6.73. The fraction of sp³-hybridized carbons (Fsp3) is 0.611. The highest BCUT2D eigenvalue weighted by atomic mass is 16.2. The quantitative estimate of drug-likeness (QED) is 0.769. The van der Waals surface area contributed by atoms with Crippen molar-refractivity contribution < 1.29 is 4.79 Å². The predicted molar refractivity (Wildman–Crippen MR) is 84.8 cm³/mol. The Kier molecular flexibility index (Phi) is 4.29. The van der Waals surface area contributed by atoms with Crippen molar-refractivity contribution in [1.29, 1.82) is 0 Å². The van der Waals surface area contributed by atoms with Gasteiger partial charge in [-0.05, 0) is 51.1 Å². The molecule has 3 nitrogen and oxygen atoms in total. The first-order valence-corrected chi connectivity index (χ1v) is 8.19. The minimum atomic E-state index is 0.288. The molecule has 0 bridgehead atoms. The van der Waals surface area contributed by atoms with Gasteiger partial charge in [0.15, 0.2) is 0 Å². The molecule has 3 heteroatoms. The summed E-state index contributed by atoms with van der Waals surface area (Å²) in [6.07, 6.45) is 4.99. The first-order valence-electron chi connectivity index (χ1n) is 8.19. The van der Waals surface area contributed by atoms with Crippen LogP contribution in [0, 0.1) is 5.92 Å². The summed E-state index contributed by atoms with van der Waals surface area (Å²) in [7, 11) is 2.09. The molecule has 0 spiro atoms. The largest absolute Gasteiger partial charge is 0.334 e. The van der Waals surface area contributed by atoms with Gasteiger partial charge >= 0.3 is 0 Å². The van der Waals surface area contributed by atoms with E-state index in [0.717, 1.165) is 12.5 Å². The molecule has 0 radical (unpaired) electrons. The molecule has 0 aromatic heterocycles. The summed E-state index contributed by atoms with van der Waals surface area (Å²) in [6.45, 7) is 3.57. The number of rotatable bonds is 7. The molecule has 1 unspecified atom stereocenters. The van der Waals surface area contributed by atoms with E-state index in [4.69, 9.17) is 0 Å². The highest BCUT2D eigenvalue weighted by Crippen LogP contribution is 2.35. The highest BCUT2D eigenvalue weighted by molar-refractivity contribution is 5.79. The van der Waals surface area contributed by atoms with Crippen molar-refractivity contribution in [2.75, 3.05) is 13.6 Å². The number of likely N-dealkylation sites (N-methyl/N-ethyl adjacent to an activating group) is 1. The Balaban J connectivity index is 1.59. The van der Waals surface area contributed by atoms with Crippen LogP contribution < -0.4 is 0 Å². The maximum absolute atomic E-state index is 12.7. The van der Waals surface area contributed by atoms with Crippen molar-refractivity contribution in [3.05, 3.63) is 35.9 Å². The van der Waals surface area contributed by atoms with E-state index < -0.39 is 0 Å². The van der Waals surface area contributed by atoms with Crippen molar-refractivity contribution >= 4 is 5.91 Å². The van der Waals surface area contributed by atoms with Gasteiger partial charge in [-0.1, -0.05) is 30.3 Å². The van der Waals surface area contributed by atoms with Crippen LogP contribution in [0.5, 0.6) is 0 Å². The van der Waals surface area contributed by atoms with E-state index in [0.29, 0.717) is 18.6 Å². The number of nitrogens with zero attached hydrogens (tertiary/aromatic N) is 2. The van der Waals surface area contributed by atoms with Gasteiger partial charge in [0.05, 0.1) is 6.54 Å². The monoisotopic (exact) mass is 286 g/mol. The maximum Gasteiger partial charge on any atom is 0.237 e. The Morgan fingerprint density at radius 3 is 2.43 bits per heavy atom. The molecule has 0 N–H and O–H groups in total. The summed E-state index contributed by atoms with van der Waals surface area (Å²) >= 11 is 0. The van der Waals surface area contributed by atoms with Gasteiger partial charge in [0.25, 0.3) is 0 Å². The average molecular weight is 286 g/mol. The minimum absolute atomic E-state index is 0.288. The summed E-state index contributed by atoms with van der Waals surface area (Å²) in [5.74, 6) is 1.10. The molecule has 2 aliphatic carbocycles. The van der Waals surface area contributed by atoms with Gasteiger partial charge in [-0.25, -0.2) is 0 Å². The van der Waals surface area contributed by atoms with Gasteiger partial charge in [-0.15, -0.1) is 0 Å². The third-order valence-electron chi connectivity index (χ3n) is 4.89. The zero-order valence-corrected chi connectivity index (χ0v) is 13.2. The van der Waals surface area contributed by atoms with Crippen LogP contribution in [0.1, 0.15) is 38.2 Å². The first-order chi connectivity index (χ1) is 10.1. The summed E-state index contributed by atoms with van der Waals surface area (Å²) in [6, 6.07) is 11.4. The molecule has 2 saturated carbocycles. The Bertz CT molecular complexity index is 479. The molecular formula is C18H26N2O. The van der Waals surface area contributed by atoms with Crippen LogP contribution in [-0.2, 0) is 11.3 Å². The molecule has 21 heavy (non-hydrogen) atoms. The lowest BCUT2D eigenvalue weighted by molar-refractivity contribution is -0.133. The topological polar surface area (TPSA) is 23.6 Å². The third kappa shape index (κ3) is 3.85. The van der Waals surface area contributed by atoms with Crippen LogP contribution in [0.15, 0.2) is 30.3 Å². The average Bonchev–Trinajstić information content (AvgIpc) is 3.38.